The average Bonchev–Trinajstić information content (AvgIpc) is 2.33. The molecule has 3 nitrogen and oxygen atoms in total. The highest BCUT2D eigenvalue weighted by molar-refractivity contribution is 5.77. The van der Waals surface area contributed by atoms with Gasteiger partial charge in [-0.05, 0) is 37.1 Å². The van der Waals surface area contributed by atoms with Crippen molar-refractivity contribution in [3.63, 3.8) is 0 Å². The minimum Gasteiger partial charge on any atom is -0.465 e. The molecule has 0 saturated carbocycles. The van der Waals surface area contributed by atoms with Crippen LogP contribution in [-0.4, -0.2) is 19.1 Å². The standard InChI is InChI=1S/C14H19F2NO2/c1-4-19-14(18)13(17-8-9(2)3)10-5-6-11(15)12(16)7-10/h5-7,9,13,17H,4,8H2,1-3H3. The highest BCUT2D eigenvalue weighted by Gasteiger charge is 2.22. The SMILES string of the molecule is CCOC(=O)C(NCC(C)C)c1ccc(F)c(F)c1. The van der Waals surface area contributed by atoms with E-state index in [2.05, 4.69) is 5.32 Å². The summed E-state index contributed by atoms with van der Waals surface area (Å²) in [5.41, 5.74) is 0.359. The lowest BCUT2D eigenvalue weighted by molar-refractivity contribution is -0.145. The summed E-state index contributed by atoms with van der Waals surface area (Å²) < 4.78 is 31.1. The summed E-state index contributed by atoms with van der Waals surface area (Å²) in [5.74, 6) is -2.08. The quantitative estimate of drug-likeness (QED) is 0.809. The van der Waals surface area contributed by atoms with Crippen LogP contribution in [0.2, 0.25) is 0 Å². The largest absolute Gasteiger partial charge is 0.465 e. The highest BCUT2D eigenvalue weighted by atomic mass is 19.2. The molecule has 0 aliphatic rings. The maximum absolute atomic E-state index is 13.2. The number of hydrogen-bond acceptors (Lipinski definition) is 3. The van der Waals surface area contributed by atoms with E-state index >= 15 is 0 Å². The monoisotopic (exact) mass is 271 g/mol. The third-order valence-electron chi connectivity index (χ3n) is 2.53. The van der Waals surface area contributed by atoms with Crippen molar-refractivity contribution >= 4 is 5.97 Å². The number of rotatable bonds is 6. The molecule has 0 saturated heterocycles. The Morgan fingerprint density at radius 3 is 2.53 bits per heavy atom. The molecule has 0 aliphatic carbocycles. The number of hydrogen-bond donors (Lipinski definition) is 1. The lowest BCUT2D eigenvalue weighted by Gasteiger charge is -2.19. The first-order valence-corrected chi connectivity index (χ1v) is 6.30. The predicted molar refractivity (Wildman–Crippen MR) is 68.6 cm³/mol. The van der Waals surface area contributed by atoms with E-state index in [1.807, 2.05) is 13.8 Å². The average molecular weight is 271 g/mol. The maximum atomic E-state index is 13.2. The number of carbonyl (C=O) groups excluding carboxylic acids is 1. The zero-order valence-electron chi connectivity index (χ0n) is 11.4. The molecule has 0 fully saturated rings. The molecule has 0 heterocycles. The zero-order valence-corrected chi connectivity index (χ0v) is 11.4. The van der Waals surface area contributed by atoms with Crippen LogP contribution < -0.4 is 5.32 Å². The van der Waals surface area contributed by atoms with Crippen molar-refractivity contribution < 1.29 is 18.3 Å². The van der Waals surface area contributed by atoms with Gasteiger partial charge in [-0.1, -0.05) is 19.9 Å². The number of nitrogens with one attached hydrogen (secondary N) is 1. The molecule has 19 heavy (non-hydrogen) atoms. The third kappa shape index (κ3) is 4.59. The van der Waals surface area contributed by atoms with Crippen LogP contribution in [0.1, 0.15) is 32.4 Å². The highest BCUT2D eigenvalue weighted by Crippen LogP contribution is 2.18. The van der Waals surface area contributed by atoms with Gasteiger partial charge in [0.15, 0.2) is 11.6 Å². The van der Waals surface area contributed by atoms with E-state index in [4.69, 9.17) is 4.74 Å². The molecule has 0 aromatic heterocycles. The maximum Gasteiger partial charge on any atom is 0.327 e. The first-order valence-electron chi connectivity index (χ1n) is 6.30. The summed E-state index contributed by atoms with van der Waals surface area (Å²) >= 11 is 0. The van der Waals surface area contributed by atoms with Crippen LogP contribution in [0.25, 0.3) is 0 Å². The second-order valence-corrected chi connectivity index (χ2v) is 4.66. The molecule has 1 aromatic rings. The van der Waals surface area contributed by atoms with Crippen LogP contribution in [0, 0.1) is 17.6 Å². The molecular formula is C14H19F2NO2. The Balaban J connectivity index is 2.93. The van der Waals surface area contributed by atoms with Gasteiger partial charge < -0.3 is 10.1 Å². The van der Waals surface area contributed by atoms with Gasteiger partial charge in [0.2, 0.25) is 0 Å². The van der Waals surface area contributed by atoms with Crippen LogP contribution in [0.3, 0.4) is 0 Å². The molecule has 1 unspecified atom stereocenters. The van der Waals surface area contributed by atoms with E-state index in [9.17, 15) is 13.6 Å². The molecule has 0 radical (unpaired) electrons. The Labute approximate surface area is 112 Å². The van der Waals surface area contributed by atoms with Crippen LogP contribution in [0.15, 0.2) is 18.2 Å². The van der Waals surface area contributed by atoms with E-state index in [1.165, 1.54) is 6.07 Å². The minimum absolute atomic E-state index is 0.238. The molecule has 0 amide bonds. The molecule has 1 N–H and O–H groups in total. The molecule has 0 bridgehead atoms. The van der Waals surface area contributed by atoms with E-state index in [0.717, 1.165) is 12.1 Å². The summed E-state index contributed by atoms with van der Waals surface area (Å²) in [6.45, 7) is 6.48. The lowest BCUT2D eigenvalue weighted by Crippen LogP contribution is -2.32. The minimum atomic E-state index is -0.974. The first kappa shape index (κ1) is 15.6. The van der Waals surface area contributed by atoms with Crippen molar-refractivity contribution in [1.82, 2.24) is 5.32 Å². The fourth-order valence-electron chi connectivity index (χ4n) is 1.61. The van der Waals surface area contributed by atoms with Gasteiger partial charge in [-0.25, -0.2) is 13.6 Å². The molecular weight excluding hydrogens is 252 g/mol. The summed E-state index contributed by atoms with van der Waals surface area (Å²) in [5, 5.41) is 3.00. The molecule has 0 aliphatic heterocycles. The number of benzene rings is 1. The first-order chi connectivity index (χ1) is 8.95. The van der Waals surface area contributed by atoms with E-state index in [1.54, 1.807) is 6.92 Å². The van der Waals surface area contributed by atoms with Gasteiger partial charge in [-0.2, -0.15) is 0 Å². The molecule has 0 spiro atoms. The molecule has 1 atom stereocenters. The van der Waals surface area contributed by atoms with Crippen LogP contribution in [0.4, 0.5) is 8.78 Å². The smallest absolute Gasteiger partial charge is 0.327 e. The van der Waals surface area contributed by atoms with Gasteiger partial charge in [0, 0.05) is 0 Å². The van der Waals surface area contributed by atoms with Gasteiger partial charge in [-0.3, -0.25) is 0 Å². The van der Waals surface area contributed by atoms with Crippen molar-refractivity contribution in [2.24, 2.45) is 5.92 Å². The van der Waals surface area contributed by atoms with Crippen molar-refractivity contribution in [2.75, 3.05) is 13.2 Å². The van der Waals surface area contributed by atoms with Gasteiger partial charge in [-0.15, -0.1) is 0 Å². The Bertz CT molecular complexity index is 435. The predicted octanol–water partition coefficient (Wildman–Crippen LogP) is 2.81. The molecule has 1 rings (SSSR count). The van der Waals surface area contributed by atoms with Gasteiger partial charge in [0.1, 0.15) is 6.04 Å². The summed E-state index contributed by atoms with van der Waals surface area (Å²) in [7, 11) is 0. The number of ether oxygens (including phenoxy) is 1. The Kier molecular flexibility index (Phi) is 5.89. The second-order valence-electron chi connectivity index (χ2n) is 4.66. The van der Waals surface area contributed by atoms with Crippen LogP contribution >= 0.6 is 0 Å². The van der Waals surface area contributed by atoms with E-state index < -0.39 is 23.6 Å². The number of halogens is 2. The lowest BCUT2D eigenvalue weighted by atomic mass is 10.1. The van der Waals surface area contributed by atoms with Crippen LogP contribution in [-0.2, 0) is 9.53 Å². The summed E-state index contributed by atoms with van der Waals surface area (Å²) in [4.78, 5) is 11.9. The van der Waals surface area contributed by atoms with Crippen molar-refractivity contribution in [3.05, 3.63) is 35.4 Å². The normalized spacial score (nSPS) is 12.5. The van der Waals surface area contributed by atoms with E-state index in [-0.39, 0.29) is 6.61 Å². The molecule has 1 aromatic carbocycles. The van der Waals surface area contributed by atoms with Gasteiger partial charge >= 0.3 is 5.97 Å². The van der Waals surface area contributed by atoms with Crippen molar-refractivity contribution in [2.45, 2.75) is 26.8 Å². The van der Waals surface area contributed by atoms with E-state index in [0.29, 0.717) is 18.0 Å². The Morgan fingerprint density at radius 1 is 1.32 bits per heavy atom. The summed E-state index contributed by atoms with van der Waals surface area (Å²) in [6.07, 6.45) is 0. The van der Waals surface area contributed by atoms with Crippen LogP contribution in [0.5, 0.6) is 0 Å². The van der Waals surface area contributed by atoms with Crippen molar-refractivity contribution in [1.29, 1.82) is 0 Å². The Hall–Kier alpha value is -1.49. The third-order valence-corrected chi connectivity index (χ3v) is 2.53. The number of esters is 1. The fourth-order valence-corrected chi connectivity index (χ4v) is 1.61. The summed E-state index contributed by atoms with van der Waals surface area (Å²) in [6, 6.07) is 2.63. The number of carbonyl (C=O) groups is 1. The molecule has 5 heteroatoms. The molecule has 106 valence electrons. The van der Waals surface area contributed by atoms with Gasteiger partial charge in [0.25, 0.3) is 0 Å². The zero-order chi connectivity index (χ0) is 14.4. The van der Waals surface area contributed by atoms with Crippen molar-refractivity contribution in [3.8, 4) is 0 Å². The van der Waals surface area contributed by atoms with Gasteiger partial charge in [0.05, 0.1) is 6.61 Å². The Morgan fingerprint density at radius 2 is 2.00 bits per heavy atom. The topological polar surface area (TPSA) is 38.3 Å². The second kappa shape index (κ2) is 7.19. The fraction of sp³-hybridized carbons (Fsp3) is 0.500.